The quantitative estimate of drug-likeness (QED) is 0.214. The van der Waals surface area contributed by atoms with Gasteiger partial charge in [-0.3, -0.25) is 4.79 Å². The van der Waals surface area contributed by atoms with E-state index in [0.29, 0.717) is 5.56 Å². The maximum atomic E-state index is 12.6. The Morgan fingerprint density at radius 3 is 2.39 bits per heavy atom. The molecule has 2 aromatic rings. The van der Waals surface area contributed by atoms with Crippen molar-refractivity contribution in [1.82, 2.24) is 0 Å². The molecular weight excluding hydrogens is 440 g/mol. The third-order valence-corrected chi connectivity index (χ3v) is 5.09. The Morgan fingerprint density at radius 2 is 1.76 bits per heavy atom. The second-order valence-electron chi connectivity index (χ2n) is 7.25. The van der Waals surface area contributed by atoms with Crippen LogP contribution >= 0.6 is 0 Å². The highest BCUT2D eigenvalue weighted by atomic mass is 16.7. The second kappa shape index (κ2) is 10.1. The van der Waals surface area contributed by atoms with Crippen molar-refractivity contribution >= 4 is 11.9 Å². The molecule has 7 N–H and O–H groups in total. The predicted molar refractivity (Wildman–Crippen MR) is 112 cm³/mol. The molecule has 0 spiro atoms. The molecule has 0 unspecified atom stereocenters. The number of phenolic OH excluding ortho intramolecular Hbond substituents is 3. The van der Waals surface area contributed by atoms with Crippen LogP contribution in [-0.4, -0.2) is 86.0 Å². The molecule has 0 radical (unpaired) electrons. The zero-order chi connectivity index (χ0) is 24.3. The number of hydrogen-bond donors (Lipinski definition) is 7. The zero-order valence-corrected chi connectivity index (χ0v) is 17.4. The second-order valence-corrected chi connectivity index (χ2v) is 7.25. The third-order valence-electron chi connectivity index (χ3n) is 5.09. The van der Waals surface area contributed by atoms with Gasteiger partial charge in [-0.05, 0) is 35.9 Å². The summed E-state index contributed by atoms with van der Waals surface area (Å²) >= 11 is 0. The fraction of sp³-hybridized carbons (Fsp3) is 0.318. The number of phenols is 3. The summed E-state index contributed by atoms with van der Waals surface area (Å²) in [6, 6.07) is 6.67. The number of hydrogen-bond acceptors (Lipinski definition) is 11. The minimum Gasteiger partial charge on any atom is -0.504 e. The number of allylic oxidation sites excluding steroid dienone is 1. The average molecular weight is 464 g/mol. The topological polar surface area (TPSA) is 186 Å². The van der Waals surface area contributed by atoms with Crippen LogP contribution in [0.3, 0.4) is 0 Å². The summed E-state index contributed by atoms with van der Waals surface area (Å²) in [5.74, 6) is -2.52. The van der Waals surface area contributed by atoms with E-state index in [2.05, 4.69) is 0 Å². The normalized spacial score (nSPS) is 25.2. The number of aromatic hydroxyl groups is 3. The van der Waals surface area contributed by atoms with Gasteiger partial charge in [0.05, 0.1) is 19.3 Å². The summed E-state index contributed by atoms with van der Waals surface area (Å²) in [5.41, 5.74) is 0.207. The van der Waals surface area contributed by atoms with Gasteiger partial charge < -0.3 is 50.0 Å². The van der Waals surface area contributed by atoms with Crippen LogP contribution in [-0.2, 0) is 4.74 Å². The van der Waals surface area contributed by atoms with Crippen LogP contribution in [0.2, 0.25) is 0 Å². The van der Waals surface area contributed by atoms with E-state index in [-0.39, 0.29) is 17.1 Å². The highest BCUT2D eigenvalue weighted by Crippen LogP contribution is 2.40. The first-order chi connectivity index (χ1) is 15.7. The van der Waals surface area contributed by atoms with E-state index in [1.165, 1.54) is 25.3 Å². The van der Waals surface area contributed by atoms with Gasteiger partial charge in [0.15, 0.2) is 28.8 Å². The number of ketones is 1. The van der Waals surface area contributed by atoms with Gasteiger partial charge in [-0.1, -0.05) is 12.1 Å². The summed E-state index contributed by atoms with van der Waals surface area (Å²) in [6.07, 6.45) is -5.60. The van der Waals surface area contributed by atoms with Gasteiger partial charge in [-0.2, -0.15) is 0 Å². The maximum absolute atomic E-state index is 12.6. The molecule has 1 saturated heterocycles. The first-order valence-electron chi connectivity index (χ1n) is 9.79. The Kier molecular flexibility index (Phi) is 7.41. The third kappa shape index (κ3) is 5.02. The van der Waals surface area contributed by atoms with Crippen LogP contribution < -0.4 is 9.47 Å². The molecule has 1 fully saturated rings. The first-order valence-corrected chi connectivity index (χ1v) is 9.79. The lowest BCUT2D eigenvalue weighted by Gasteiger charge is -2.39. The summed E-state index contributed by atoms with van der Waals surface area (Å²) < 4.78 is 15.4. The Balaban J connectivity index is 1.83. The summed E-state index contributed by atoms with van der Waals surface area (Å²) in [6.45, 7) is -0.701. The van der Waals surface area contributed by atoms with Crippen molar-refractivity contribution in [1.29, 1.82) is 0 Å². The number of carbonyl (C=O) groups excluding carboxylic acids is 1. The van der Waals surface area contributed by atoms with Gasteiger partial charge in [-0.15, -0.1) is 0 Å². The molecule has 11 nitrogen and oxygen atoms in total. The van der Waals surface area contributed by atoms with Crippen molar-refractivity contribution in [3.8, 4) is 28.7 Å². The Hall–Kier alpha value is -3.35. The van der Waals surface area contributed by atoms with Crippen molar-refractivity contribution in [2.75, 3.05) is 13.7 Å². The molecule has 33 heavy (non-hydrogen) atoms. The molecule has 0 aliphatic carbocycles. The van der Waals surface area contributed by atoms with Gasteiger partial charge in [0.1, 0.15) is 24.4 Å². The van der Waals surface area contributed by atoms with Crippen LogP contribution in [0.1, 0.15) is 15.9 Å². The smallest absolute Gasteiger partial charge is 0.229 e. The van der Waals surface area contributed by atoms with Crippen molar-refractivity contribution in [2.24, 2.45) is 0 Å². The molecule has 1 aliphatic rings. The van der Waals surface area contributed by atoms with Gasteiger partial charge in [-0.25, -0.2) is 0 Å². The van der Waals surface area contributed by atoms with E-state index in [4.69, 9.17) is 14.2 Å². The maximum Gasteiger partial charge on any atom is 0.229 e. The average Bonchev–Trinajstić information content (AvgIpc) is 2.80. The molecule has 0 aromatic heterocycles. The van der Waals surface area contributed by atoms with Crippen molar-refractivity contribution in [2.45, 2.75) is 30.7 Å². The molecule has 0 bridgehead atoms. The van der Waals surface area contributed by atoms with Gasteiger partial charge in [0.25, 0.3) is 0 Å². The van der Waals surface area contributed by atoms with Crippen LogP contribution in [0.4, 0.5) is 0 Å². The van der Waals surface area contributed by atoms with Crippen LogP contribution in [0.25, 0.3) is 6.08 Å². The molecule has 2 aromatic carbocycles. The molecule has 0 amide bonds. The number of aliphatic hydroxyl groups excluding tert-OH is 4. The lowest BCUT2D eigenvalue weighted by molar-refractivity contribution is -0.277. The first kappa shape index (κ1) is 24.3. The summed E-state index contributed by atoms with van der Waals surface area (Å²) in [4.78, 5) is 12.6. The number of rotatable bonds is 7. The van der Waals surface area contributed by atoms with Crippen LogP contribution in [0.15, 0.2) is 36.4 Å². The Labute approximate surface area is 188 Å². The predicted octanol–water partition coefficient (Wildman–Crippen LogP) is -0.113. The van der Waals surface area contributed by atoms with Crippen LogP contribution in [0, 0.1) is 0 Å². The molecule has 178 valence electrons. The van der Waals surface area contributed by atoms with Gasteiger partial charge in [0, 0.05) is 0 Å². The lowest BCUT2D eigenvalue weighted by atomic mass is 9.99. The lowest BCUT2D eigenvalue weighted by Crippen LogP contribution is -2.60. The Morgan fingerprint density at radius 1 is 1.03 bits per heavy atom. The zero-order valence-electron chi connectivity index (χ0n) is 17.4. The minimum atomic E-state index is -1.79. The molecule has 0 saturated carbocycles. The molecule has 5 atom stereocenters. The summed E-state index contributed by atoms with van der Waals surface area (Å²) in [5, 5.41) is 69.5. The highest BCUT2D eigenvalue weighted by molar-refractivity contribution is 6.09. The Bertz CT molecular complexity index is 1030. The van der Waals surface area contributed by atoms with E-state index in [9.17, 15) is 40.5 Å². The SMILES string of the molecule is COc1ccc(C=CC(=O)c2ccc(O)c(O[C@@H]3O[C@H](CO)[C@@H](O)[C@H](O)[C@H]3O)c2O)cc1O. The number of benzene rings is 2. The largest absolute Gasteiger partial charge is 0.504 e. The van der Waals surface area contributed by atoms with E-state index < -0.39 is 60.3 Å². The fourth-order valence-corrected chi connectivity index (χ4v) is 3.23. The molecule has 11 heteroatoms. The van der Waals surface area contributed by atoms with Crippen molar-refractivity contribution in [3.63, 3.8) is 0 Å². The number of aliphatic hydroxyl groups is 4. The van der Waals surface area contributed by atoms with E-state index in [1.54, 1.807) is 6.07 Å². The number of ether oxygens (including phenoxy) is 3. The van der Waals surface area contributed by atoms with Crippen molar-refractivity contribution < 1.29 is 54.8 Å². The molecule has 1 heterocycles. The molecule has 3 rings (SSSR count). The van der Waals surface area contributed by atoms with Gasteiger partial charge >= 0.3 is 0 Å². The summed E-state index contributed by atoms with van der Waals surface area (Å²) in [7, 11) is 1.39. The van der Waals surface area contributed by atoms with Crippen molar-refractivity contribution in [3.05, 3.63) is 47.5 Å². The molecular formula is C22H24O11. The minimum absolute atomic E-state index is 0.130. The van der Waals surface area contributed by atoms with E-state index in [1.807, 2.05) is 0 Å². The standard InChI is InChI=1S/C22H24O11/c1-31-15-7-3-10(8-14(15)26)2-5-12(24)11-4-6-13(25)21(17(11)27)33-22-20(30)19(29)18(28)16(9-23)32-22/h2-8,16,18-20,22-23,25-30H,9H2,1H3/t16-,18-,19+,20-,22+/m1/s1. The highest BCUT2D eigenvalue weighted by Gasteiger charge is 2.45. The fourth-order valence-electron chi connectivity index (χ4n) is 3.23. The monoisotopic (exact) mass is 464 g/mol. The van der Waals surface area contributed by atoms with E-state index in [0.717, 1.165) is 18.2 Å². The number of methoxy groups -OCH3 is 1. The number of carbonyl (C=O) groups is 1. The van der Waals surface area contributed by atoms with Gasteiger partial charge in [0.2, 0.25) is 12.0 Å². The van der Waals surface area contributed by atoms with E-state index >= 15 is 0 Å². The molecule has 1 aliphatic heterocycles. The van der Waals surface area contributed by atoms with Crippen LogP contribution in [0.5, 0.6) is 28.7 Å².